The molecule has 1 aromatic carbocycles. The standard InChI is InChI=1S/C17H19NO2S/c1-16(2)10-8-9-17(16,3)14(13(10)19)21-15-18-11-6-4-5-7-12(11)20-15/h4-7,10,14H,8-9H2,1-3H3/t10-,14-,17-/m0/s1. The van der Waals surface area contributed by atoms with Crippen molar-refractivity contribution in [3.63, 3.8) is 0 Å². The number of ketones is 1. The van der Waals surface area contributed by atoms with Crippen LogP contribution in [0.25, 0.3) is 11.1 Å². The van der Waals surface area contributed by atoms with Crippen LogP contribution in [0, 0.1) is 16.7 Å². The number of hydrogen-bond acceptors (Lipinski definition) is 4. The molecular formula is C17H19NO2S. The average Bonchev–Trinajstić information content (AvgIpc) is 2.98. The molecule has 2 saturated carbocycles. The summed E-state index contributed by atoms with van der Waals surface area (Å²) in [6.07, 6.45) is 2.15. The zero-order valence-electron chi connectivity index (χ0n) is 12.6. The van der Waals surface area contributed by atoms with Gasteiger partial charge in [-0.05, 0) is 35.8 Å². The number of carbonyl (C=O) groups excluding carboxylic acids is 1. The second-order valence-electron chi connectivity index (χ2n) is 7.08. The Hall–Kier alpha value is -1.29. The summed E-state index contributed by atoms with van der Waals surface area (Å²) in [5, 5.41) is 0.596. The van der Waals surface area contributed by atoms with Crippen LogP contribution in [0.2, 0.25) is 0 Å². The number of aromatic nitrogens is 1. The second-order valence-corrected chi connectivity index (χ2v) is 8.13. The van der Waals surface area contributed by atoms with E-state index in [1.54, 1.807) is 0 Å². The van der Waals surface area contributed by atoms with Crippen molar-refractivity contribution < 1.29 is 9.21 Å². The van der Waals surface area contributed by atoms with Crippen LogP contribution in [0.1, 0.15) is 33.6 Å². The summed E-state index contributed by atoms with van der Waals surface area (Å²) in [6, 6.07) is 7.75. The Morgan fingerprint density at radius 1 is 1.29 bits per heavy atom. The predicted octanol–water partition coefficient (Wildman–Crippen LogP) is 4.31. The van der Waals surface area contributed by atoms with Gasteiger partial charge in [0.05, 0.1) is 5.25 Å². The smallest absolute Gasteiger partial charge is 0.257 e. The summed E-state index contributed by atoms with van der Waals surface area (Å²) in [6.45, 7) is 6.75. The lowest BCUT2D eigenvalue weighted by Gasteiger charge is -2.37. The van der Waals surface area contributed by atoms with E-state index >= 15 is 0 Å². The number of rotatable bonds is 2. The first-order valence-electron chi connectivity index (χ1n) is 7.49. The van der Waals surface area contributed by atoms with Crippen molar-refractivity contribution in [3.05, 3.63) is 24.3 Å². The van der Waals surface area contributed by atoms with Gasteiger partial charge in [-0.1, -0.05) is 44.7 Å². The molecule has 0 amide bonds. The van der Waals surface area contributed by atoms with Crippen LogP contribution in [0.5, 0.6) is 0 Å². The summed E-state index contributed by atoms with van der Waals surface area (Å²) < 4.78 is 5.80. The molecule has 21 heavy (non-hydrogen) atoms. The molecule has 0 aliphatic heterocycles. The minimum Gasteiger partial charge on any atom is -0.431 e. The molecule has 2 aliphatic carbocycles. The monoisotopic (exact) mass is 301 g/mol. The summed E-state index contributed by atoms with van der Waals surface area (Å²) in [5.41, 5.74) is 1.77. The van der Waals surface area contributed by atoms with Gasteiger partial charge in [0, 0.05) is 5.92 Å². The van der Waals surface area contributed by atoms with Crippen LogP contribution in [0.4, 0.5) is 0 Å². The summed E-state index contributed by atoms with van der Waals surface area (Å²) >= 11 is 1.52. The Morgan fingerprint density at radius 2 is 2.05 bits per heavy atom. The summed E-state index contributed by atoms with van der Waals surface area (Å²) in [7, 11) is 0. The van der Waals surface area contributed by atoms with E-state index in [2.05, 4.69) is 25.8 Å². The first-order chi connectivity index (χ1) is 9.93. The fraction of sp³-hybridized carbons (Fsp3) is 0.529. The SMILES string of the molecule is CC1(C)[C@H]2CC[C@@]1(C)[C@@H](Sc1nc3ccccc3o1)C2=O. The van der Waals surface area contributed by atoms with E-state index in [1.165, 1.54) is 11.8 Å². The first-order valence-corrected chi connectivity index (χ1v) is 8.37. The highest BCUT2D eigenvalue weighted by atomic mass is 32.2. The van der Waals surface area contributed by atoms with E-state index in [1.807, 2.05) is 24.3 Å². The minimum atomic E-state index is -0.0284. The molecule has 3 atom stereocenters. The highest BCUT2D eigenvalue weighted by molar-refractivity contribution is 8.00. The number of para-hydroxylation sites is 2. The van der Waals surface area contributed by atoms with Crippen LogP contribution in [-0.4, -0.2) is 16.0 Å². The number of oxazole rings is 1. The van der Waals surface area contributed by atoms with Gasteiger partial charge in [0.2, 0.25) is 0 Å². The third-order valence-electron chi connectivity index (χ3n) is 5.97. The minimum absolute atomic E-state index is 0.0284. The highest BCUT2D eigenvalue weighted by Gasteiger charge is 2.66. The zero-order valence-corrected chi connectivity index (χ0v) is 13.4. The third-order valence-corrected chi connectivity index (χ3v) is 7.33. The fourth-order valence-electron chi connectivity index (χ4n) is 4.18. The van der Waals surface area contributed by atoms with Gasteiger partial charge in [-0.3, -0.25) is 4.79 Å². The number of nitrogens with zero attached hydrogens (tertiary/aromatic N) is 1. The number of benzene rings is 1. The van der Waals surface area contributed by atoms with Crippen molar-refractivity contribution >= 4 is 28.6 Å². The molecular weight excluding hydrogens is 282 g/mol. The van der Waals surface area contributed by atoms with Crippen molar-refractivity contribution in [3.8, 4) is 0 Å². The molecule has 110 valence electrons. The number of hydrogen-bond donors (Lipinski definition) is 0. The van der Waals surface area contributed by atoms with Gasteiger partial charge in [0.1, 0.15) is 5.52 Å². The maximum atomic E-state index is 12.7. The molecule has 1 heterocycles. The number of thioether (sulfide) groups is 1. The molecule has 1 aromatic heterocycles. The molecule has 2 aliphatic rings. The maximum absolute atomic E-state index is 12.7. The maximum Gasteiger partial charge on any atom is 0.257 e. The molecule has 0 radical (unpaired) electrons. The Kier molecular flexibility index (Phi) is 2.63. The Balaban J connectivity index is 1.70. The van der Waals surface area contributed by atoms with E-state index in [-0.39, 0.29) is 22.0 Å². The molecule has 0 N–H and O–H groups in total. The molecule has 4 rings (SSSR count). The third kappa shape index (κ3) is 1.62. The van der Waals surface area contributed by atoms with Gasteiger partial charge in [0.15, 0.2) is 11.4 Å². The van der Waals surface area contributed by atoms with Gasteiger partial charge in [-0.15, -0.1) is 0 Å². The summed E-state index contributed by atoms with van der Waals surface area (Å²) in [4.78, 5) is 17.2. The quantitative estimate of drug-likeness (QED) is 0.829. The van der Waals surface area contributed by atoms with Crippen LogP contribution in [0.15, 0.2) is 33.9 Å². The fourth-order valence-corrected chi connectivity index (χ4v) is 5.63. The van der Waals surface area contributed by atoms with Gasteiger partial charge in [-0.25, -0.2) is 4.98 Å². The van der Waals surface area contributed by atoms with E-state index in [0.29, 0.717) is 11.0 Å². The van der Waals surface area contributed by atoms with E-state index in [9.17, 15) is 4.79 Å². The first kappa shape index (κ1) is 13.4. The number of carbonyl (C=O) groups is 1. The number of fused-ring (bicyclic) bond motifs is 3. The van der Waals surface area contributed by atoms with E-state index in [0.717, 1.165) is 23.9 Å². The Labute approximate surface area is 128 Å². The van der Waals surface area contributed by atoms with Crippen molar-refractivity contribution in [2.45, 2.75) is 44.1 Å². The lowest BCUT2D eigenvalue weighted by Crippen LogP contribution is -2.35. The van der Waals surface area contributed by atoms with E-state index in [4.69, 9.17) is 4.42 Å². The Morgan fingerprint density at radius 3 is 2.71 bits per heavy atom. The average molecular weight is 301 g/mol. The van der Waals surface area contributed by atoms with Crippen molar-refractivity contribution in [2.75, 3.05) is 0 Å². The normalized spacial score (nSPS) is 34.0. The summed E-state index contributed by atoms with van der Waals surface area (Å²) in [5.74, 6) is 0.588. The van der Waals surface area contributed by atoms with Crippen LogP contribution in [-0.2, 0) is 4.79 Å². The van der Waals surface area contributed by atoms with Crippen LogP contribution < -0.4 is 0 Å². The van der Waals surface area contributed by atoms with Crippen LogP contribution in [0.3, 0.4) is 0 Å². The van der Waals surface area contributed by atoms with Crippen LogP contribution >= 0.6 is 11.8 Å². The van der Waals surface area contributed by atoms with Crippen molar-refractivity contribution in [1.82, 2.24) is 4.98 Å². The molecule has 2 aromatic rings. The zero-order chi connectivity index (χ0) is 14.8. The molecule has 2 fully saturated rings. The van der Waals surface area contributed by atoms with Crippen molar-refractivity contribution in [1.29, 1.82) is 0 Å². The molecule has 4 heteroatoms. The molecule has 2 bridgehead atoms. The van der Waals surface area contributed by atoms with Gasteiger partial charge < -0.3 is 4.42 Å². The van der Waals surface area contributed by atoms with Gasteiger partial charge >= 0.3 is 0 Å². The Bertz CT molecular complexity index is 702. The lowest BCUT2D eigenvalue weighted by atomic mass is 9.71. The molecule has 0 saturated heterocycles. The van der Waals surface area contributed by atoms with Crippen molar-refractivity contribution in [2.24, 2.45) is 16.7 Å². The predicted molar refractivity (Wildman–Crippen MR) is 83.3 cm³/mol. The van der Waals surface area contributed by atoms with Gasteiger partial charge in [-0.2, -0.15) is 0 Å². The second kappa shape index (κ2) is 4.13. The lowest BCUT2D eigenvalue weighted by molar-refractivity contribution is -0.122. The molecule has 0 unspecified atom stereocenters. The largest absolute Gasteiger partial charge is 0.431 e. The van der Waals surface area contributed by atoms with Gasteiger partial charge in [0.25, 0.3) is 5.22 Å². The molecule has 3 nitrogen and oxygen atoms in total. The highest BCUT2D eigenvalue weighted by Crippen LogP contribution is 2.67. The molecule has 0 spiro atoms. The number of Topliss-reactive ketones (excluding diaryl/α,β-unsaturated/α-hetero) is 1. The van der Waals surface area contributed by atoms with E-state index < -0.39 is 0 Å². The topological polar surface area (TPSA) is 43.1 Å².